The topological polar surface area (TPSA) is 25.2 Å². The maximum atomic E-state index is 6.27. The van der Waals surface area contributed by atoms with Crippen LogP contribution in [0.1, 0.15) is 67.7 Å². The van der Waals surface area contributed by atoms with Crippen molar-refractivity contribution in [3.8, 4) is 22.3 Å². The zero-order chi connectivity index (χ0) is 35.5. The molecule has 2 heteroatoms. The number of para-hydroxylation sites is 2. The van der Waals surface area contributed by atoms with Crippen LogP contribution in [0, 0.1) is 0 Å². The predicted octanol–water partition coefficient (Wildman–Crippen LogP) is 13.7. The van der Waals surface area contributed by atoms with Gasteiger partial charge in [-0.15, -0.1) is 0 Å². The molecule has 4 aliphatic carbocycles. The summed E-state index contributed by atoms with van der Waals surface area (Å²) in [5, 5.41) is 6.04. The van der Waals surface area contributed by atoms with E-state index in [1.807, 2.05) is 12.1 Å². The van der Waals surface area contributed by atoms with Crippen molar-refractivity contribution in [3.63, 3.8) is 0 Å². The van der Waals surface area contributed by atoms with Crippen molar-refractivity contribution in [2.45, 2.75) is 56.9 Å². The molecule has 0 fully saturated rings. The van der Waals surface area contributed by atoms with Gasteiger partial charge in [0, 0.05) is 33.4 Å². The lowest BCUT2D eigenvalue weighted by atomic mass is 9.75. The highest BCUT2D eigenvalue weighted by Gasteiger charge is 2.43. The number of anilines is 1. The van der Waals surface area contributed by atoms with Gasteiger partial charge in [0.2, 0.25) is 0 Å². The average Bonchev–Trinajstić information content (AvgIpc) is 3.86. The third kappa shape index (κ3) is 5.31. The lowest BCUT2D eigenvalue weighted by molar-refractivity contribution is 0.636. The quantitative estimate of drug-likeness (QED) is 0.201. The number of allylic oxidation sites excluding steroid dienone is 10. The Morgan fingerprint density at radius 1 is 0.660 bits per heavy atom. The summed E-state index contributed by atoms with van der Waals surface area (Å²) in [6.07, 6.45) is 25.2. The van der Waals surface area contributed by atoms with Gasteiger partial charge in [-0.25, -0.2) is 0 Å². The molecule has 0 saturated carbocycles. The van der Waals surface area contributed by atoms with Gasteiger partial charge in [-0.1, -0.05) is 147 Å². The highest BCUT2D eigenvalue weighted by Crippen LogP contribution is 2.56. The summed E-state index contributed by atoms with van der Waals surface area (Å²) in [5.74, 6) is 0.486. The van der Waals surface area contributed by atoms with Crippen LogP contribution in [0.25, 0.3) is 55.3 Å². The van der Waals surface area contributed by atoms with E-state index in [4.69, 9.17) is 4.42 Å². The molecule has 5 aromatic carbocycles. The Morgan fingerprint density at radius 3 is 2.28 bits per heavy atom. The van der Waals surface area contributed by atoms with Gasteiger partial charge in [-0.2, -0.15) is 0 Å². The molecule has 1 aromatic heterocycles. The number of furan rings is 1. The Hall–Kier alpha value is -5.86. The van der Waals surface area contributed by atoms with Gasteiger partial charge >= 0.3 is 0 Å². The van der Waals surface area contributed by atoms with E-state index in [0.717, 1.165) is 40.3 Å². The van der Waals surface area contributed by atoms with Gasteiger partial charge in [0.05, 0.1) is 6.04 Å². The summed E-state index contributed by atoms with van der Waals surface area (Å²) in [7, 11) is 0. The summed E-state index contributed by atoms with van der Waals surface area (Å²) in [6.45, 7) is 4.81. The van der Waals surface area contributed by atoms with Crippen molar-refractivity contribution in [2.75, 3.05) is 5.32 Å². The van der Waals surface area contributed by atoms with Gasteiger partial charge in [0.1, 0.15) is 11.2 Å². The molecule has 0 bridgehead atoms. The molecule has 5 aliphatic rings. The van der Waals surface area contributed by atoms with Crippen LogP contribution in [-0.4, -0.2) is 6.04 Å². The van der Waals surface area contributed by atoms with Crippen LogP contribution in [-0.2, 0) is 5.41 Å². The van der Waals surface area contributed by atoms with Crippen molar-refractivity contribution in [1.82, 2.24) is 0 Å². The lowest BCUT2D eigenvalue weighted by Crippen LogP contribution is -2.21. The number of nitrogens with one attached hydrogen (secondary N) is 1. The first kappa shape index (κ1) is 31.8. The molecular formula is C51H43NO. The summed E-state index contributed by atoms with van der Waals surface area (Å²) in [5.41, 5.74) is 18.4. The number of hydrogen-bond acceptors (Lipinski definition) is 2. The van der Waals surface area contributed by atoms with Crippen molar-refractivity contribution in [1.29, 1.82) is 0 Å². The summed E-state index contributed by atoms with van der Waals surface area (Å²) in [6, 6.07) is 37.4. The highest BCUT2D eigenvalue weighted by molar-refractivity contribution is 6.09. The molecule has 11 rings (SSSR count). The van der Waals surface area contributed by atoms with Gasteiger partial charge in [0.25, 0.3) is 0 Å². The Morgan fingerprint density at radius 2 is 1.42 bits per heavy atom. The first-order chi connectivity index (χ1) is 26.0. The largest absolute Gasteiger partial charge is 0.455 e. The van der Waals surface area contributed by atoms with Crippen molar-refractivity contribution in [2.24, 2.45) is 0 Å². The molecule has 2 unspecified atom stereocenters. The van der Waals surface area contributed by atoms with E-state index in [-0.39, 0.29) is 5.41 Å². The summed E-state index contributed by atoms with van der Waals surface area (Å²) < 4.78 is 6.27. The van der Waals surface area contributed by atoms with Crippen LogP contribution < -0.4 is 5.32 Å². The van der Waals surface area contributed by atoms with E-state index in [1.54, 1.807) is 16.7 Å². The second-order valence-electron chi connectivity index (χ2n) is 15.5. The van der Waals surface area contributed by atoms with Gasteiger partial charge in [0.15, 0.2) is 0 Å². The summed E-state index contributed by atoms with van der Waals surface area (Å²) in [4.78, 5) is 0. The van der Waals surface area contributed by atoms with Crippen molar-refractivity contribution < 1.29 is 4.42 Å². The second-order valence-corrected chi connectivity index (χ2v) is 15.5. The fourth-order valence-corrected chi connectivity index (χ4v) is 9.43. The molecule has 258 valence electrons. The number of benzene rings is 5. The van der Waals surface area contributed by atoms with Crippen LogP contribution in [0.2, 0.25) is 0 Å². The maximum absolute atomic E-state index is 6.27. The third-order valence-corrected chi connectivity index (χ3v) is 11.9. The second kappa shape index (κ2) is 12.7. The molecule has 0 radical (unpaired) electrons. The Kier molecular flexibility index (Phi) is 7.61. The van der Waals surface area contributed by atoms with Crippen LogP contribution in [0.4, 0.5) is 5.69 Å². The van der Waals surface area contributed by atoms with E-state index >= 15 is 0 Å². The smallest absolute Gasteiger partial charge is 0.143 e. The van der Waals surface area contributed by atoms with Crippen LogP contribution in [0.5, 0.6) is 0 Å². The van der Waals surface area contributed by atoms with Crippen LogP contribution >= 0.6 is 0 Å². The van der Waals surface area contributed by atoms with E-state index < -0.39 is 0 Å². The van der Waals surface area contributed by atoms with Crippen LogP contribution in [0.15, 0.2) is 168 Å². The molecule has 0 saturated heterocycles. The van der Waals surface area contributed by atoms with Gasteiger partial charge in [-0.3, -0.25) is 0 Å². The van der Waals surface area contributed by atoms with Gasteiger partial charge < -0.3 is 9.73 Å². The monoisotopic (exact) mass is 685 g/mol. The minimum atomic E-state index is 0.124. The maximum Gasteiger partial charge on any atom is 0.143 e. The predicted molar refractivity (Wildman–Crippen MR) is 224 cm³/mol. The zero-order valence-electron chi connectivity index (χ0n) is 30.4. The zero-order valence-corrected chi connectivity index (χ0v) is 30.4. The van der Waals surface area contributed by atoms with E-state index in [0.29, 0.717) is 12.0 Å². The molecule has 6 aromatic rings. The molecule has 2 heterocycles. The molecule has 1 aliphatic heterocycles. The minimum absolute atomic E-state index is 0.124. The Balaban J connectivity index is 0.000000140. The van der Waals surface area contributed by atoms with Crippen molar-refractivity contribution in [3.05, 3.63) is 186 Å². The van der Waals surface area contributed by atoms with Crippen molar-refractivity contribution >= 4 is 38.8 Å². The Bertz CT molecular complexity index is 2630. The summed E-state index contributed by atoms with van der Waals surface area (Å²) >= 11 is 0. The minimum Gasteiger partial charge on any atom is -0.455 e. The average molecular weight is 686 g/mol. The number of rotatable bonds is 3. The Labute approximate surface area is 312 Å². The van der Waals surface area contributed by atoms with Gasteiger partial charge in [-0.05, 0) is 106 Å². The molecule has 2 nitrogen and oxygen atoms in total. The fourth-order valence-electron chi connectivity index (χ4n) is 9.43. The van der Waals surface area contributed by atoms with E-state index in [1.165, 1.54) is 57.5 Å². The normalized spacial score (nSPS) is 20.0. The molecule has 0 amide bonds. The molecular weight excluding hydrogens is 643 g/mol. The third-order valence-electron chi connectivity index (χ3n) is 11.9. The molecule has 1 N–H and O–H groups in total. The lowest BCUT2D eigenvalue weighted by Gasteiger charge is -2.27. The first-order valence-electron chi connectivity index (χ1n) is 19.2. The first-order valence-corrected chi connectivity index (χ1v) is 19.2. The van der Waals surface area contributed by atoms with E-state index in [9.17, 15) is 0 Å². The number of fused-ring (bicyclic) bond motifs is 9. The molecule has 53 heavy (non-hydrogen) atoms. The highest BCUT2D eigenvalue weighted by atomic mass is 16.3. The molecule has 2 atom stereocenters. The standard InChI is InChI=1S/C30H22O.C21H21N/c1-2-9-21(10-3-1)22-11-6-12-23(19-22)24-13-7-14-25(20-24)26-16-8-17-28-27-15-4-5-18-29(27)31-30(26)28;1-21(2)16-9-5-3-7-13(16)14-11-12-18-19(20(14)21)15-8-4-6-10-17(15)22-18/h2,4-20H,1,3H2;4-6,8-12,15,17,22H,3,7H2,1-2H3. The molecule has 0 spiro atoms. The fraction of sp³-hybridized carbons (Fsp3) is 0.176. The van der Waals surface area contributed by atoms with E-state index in [2.05, 4.69) is 165 Å². The number of hydrogen-bond donors (Lipinski definition) is 1. The van der Waals surface area contributed by atoms with Crippen LogP contribution in [0.3, 0.4) is 0 Å². The SMILES string of the molecule is C1=CC(c2cccc(-c3cccc(-c4cccc5c4oc4ccccc45)c3)c2)=CCC1.CC1(C)C2=C(CCC=C2)c2ccc3c(c21)C1C=CC=CC1N3.